The summed E-state index contributed by atoms with van der Waals surface area (Å²) >= 11 is 3.38. The molecule has 2 rings (SSSR count). The molecule has 0 bridgehead atoms. The molecule has 1 amide bonds. The van der Waals surface area contributed by atoms with E-state index in [0.29, 0.717) is 11.1 Å². The Morgan fingerprint density at radius 2 is 1.80 bits per heavy atom. The molecule has 0 unspecified atom stereocenters. The van der Waals surface area contributed by atoms with Gasteiger partial charge in [0.15, 0.2) is 5.78 Å². The van der Waals surface area contributed by atoms with Gasteiger partial charge >= 0.3 is 0 Å². The molecular formula is C16H14BrNO2. The van der Waals surface area contributed by atoms with Crippen LogP contribution in [-0.2, 0) is 4.79 Å². The number of rotatable bonds is 4. The van der Waals surface area contributed by atoms with Crippen LogP contribution in [0.25, 0.3) is 0 Å². The molecular weight excluding hydrogens is 318 g/mol. The lowest BCUT2D eigenvalue weighted by Gasteiger charge is -2.11. The molecule has 0 aliphatic rings. The molecule has 0 saturated carbocycles. The van der Waals surface area contributed by atoms with Gasteiger partial charge in [-0.05, 0) is 48.9 Å². The zero-order valence-corrected chi connectivity index (χ0v) is 12.8. The van der Waals surface area contributed by atoms with E-state index in [4.69, 9.17) is 0 Å². The zero-order chi connectivity index (χ0) is 14.7. The Bertz CT molecular complexity index is 650. The second kappa shape index (κ2) is 6.01. The molecule has 0 aliphatic heterocycles. The van der Waals surface area contributed by atoms with Crippen LogP contribution in [0.2, 0.25) is 0 Å². The van der Waals surface area contributed by atoms with Gasteiger partial charge in [-0.3, -0.25) is 9.59 Å². The third kappa shape index (κ3) is 2.96. The van der Waals surface area contributed by atoms with E-state index in [-0.39, 0.29) is 5.78 Å². The van der Waals surface area contributed by atoms with E-state index in [9.17, 15) is 9.59 Å². The summed E-state index contributed by atoms with van der Waals surface area (Å²) in [6.07, 6.45) is 0.731. The number of carbonyl (C=O) groups excluding carboxylic acids is 2. The lowest BCUT2D eigenvalue weighted by Crippen LogP contribution is -2.13. The lowest BCUT2D eigenvalue weighted by atomic mass is 9.99. The van der Waals surface area contributed by atoms with Gasteiger partial charge in [0.2, 0.25) is 6.41 Å². The van der Waals surface area contributed by atoms with Gasteiger partial charge in [0, 0.05) is 28.3 Å². The van der Waals surface area contributed by atoms with Gasteiger partial charge in [0.1, 0.15) is 0 Å². The molecule has 102 valence electrons. The average Bonchev–Trinajstić information content (AvgIpc) is 2.48. The fourth-order valence-corrected chi connectivity index (χ4v) is 2.26. The Morgan fingerprint density at radius 1 is 1.15 bits per heavy atom. The highest BCUT2D eigenvalue weighted by Gasteiger charge is 2.12. The summed E-state index contributed by atoms with van der Waals surface area (Å²) in [6, 6.07) is 12.6. The molecule has 0 fully saturated rings. The van der Waals surface area contributed by atoms with E-state index in [1.807, 2.05) is 25.1 Å². The summed E-state index contributed by atoms with van der Waals surface area (Å²) in [7, 11) is 1.67. The van der Waals surface area contributed by atoms with E-state index in [2.05, 4.69) is 15.9 Å². The lowest BCUT2D eigenvalue weighted by molar-refractivity contribution is -0.107. The highest BCUT2D eigenvalue weighted by Crippen LogP contribution is 2.21. The molecule has 0 aliphatic carbocycles. The Labute approximate surface area is 126 Å². The van der Waals surface area contributed by atoms with Gasteiger partial charge in [-0.1, -0.05) is 22.0 Å². The second-order valence-electron chi connectivity index (χ2n) is 4.55. The monoisotopic (exact) mass is 331 g/mol. The van der Waals surface area contributed by atoms with Gasteiger partial charge in [-0.2, -0.15) is 0 Å². The maximum Gasteiger partial charge on any atom is 0.213 e. The van der Waals surface area contributed by atoms with E-state index in [1.54, 1.807) is 31.3 Å². The SMILES string of the molecule is Cc1ccc(Br)cc1C(=O)c1ccc(N(C)C=O)cc1. The van der Waals surface area contributed by atoms with Crippen molar-refractivity contribution in [1.29, 1.82) is 0 Å². The zero-order valence-electron chi connectivity index (χ0n) is 11.3. The fraction of sp³-hybridized carbons (Fsp3) is 0.125. The summed E-state index contributed by atoms with van der Waals surface area (Å²) in [6.45, 7) is 1.91. The molecule has 20 heavy (non-hydrogen) atoms. The smallest absolute Gasteiger partial charge is 0.213 e. The Morgan fingerprint density at radius 3 is 2.40 bits per heavy atom. The number of benzene rings is 2. The number of carbonyl (C=O) groups is 2. The van der Waals surface area contributed by atoms with Gasteiger partial charge in [-0.25, -0.2) is 0 Å². The minimum atomic E-state index is -0.0240. The number of nitrogens with zero attached hydrogens (tertiary/aromatic N) is 1. The number of halogens is 1. The van der Waals surface area contributed by atoms with Gasteiger partial charge in [0.25, 0.3) is 0 Å². The number of ketones is 1. The van der Waals surface area contributed by atoms with Crippen LogP contribution in [0.3, 0.4) is 0 Å². The predicted octanol–water partition coefficient (Wildman–Crippen LogP) is 3.58. The number of hydrogen-bond donors (Lipinski definition) is 0. The van der Waals surface area contributed by atoms with E-state index < -0.39 is 0 Å². The first-order valence-electron chi connectivity index (χ1n) is 6.12. The maximum absolute atomic E-state index is 12.5. The molecule has 2 aromatic carbocycles. The third-order valence-corrected chi connectivity index (χ3v) is 3.63. The molecule has 3 nitrogen and oxygen atoms in total. The van der Waals surface area contributed by atoms with Crippen LogP contribution < -0.4 is 4.90 Å². The van der Waals surface area contributed by atoms with Crippen LogP contribution in [0.15, 0.2) is 46.9 Å². The Balaban J connectivity index is 2.34. The van der Waals surface area contributed by atoms with Crippen molar-refractivity contribution in [2.45, 2.75) is 6.92 Å². The van der Waals surface area contributed by atoms with Crippen molar-refractivity contribution in [3.8, 4) is 0 Å². The summed E-state index contributed by atoms with van der Waals surface area (Å²) in [4.78, 5) is 24.6. The highest BCUT2D eigenvalue weighted by molar-refractivity contribution is 9.10. The predicted molar refractivity (Wildman–Crippen MR) is 83.2 cm³/mol. The summed E-state index contributed by atoms with van der Waals surface area (Å²) in [5, 5.41) is 0. The quantitative estimate of drug-likeness (QED) is 0.634. The van der Waals surface area contributed by atoms with Crippen molar-refractivity contribution in [1.82, 2.24) is 0 Å². The highest BCUT2D eigenvalue weighted by atomic mass is 79.9. The second-order valence-corrected chi connectivity index (χ2v) is 5.47. The van der Waals surface area contributed by atoms with Crippen molar-refractivity contribution < 1.29 is 9.59 Å². The number of aryl methyl sites for hydroxylation is 1. The van der Waals surface area contributed by atoms with E-state index in [1.165, 1.54) is 4.90 Å². The van der Waals surface area contributed by atoms with E-state index >= 15 is 0 Å². The maximum atomic E-state index is 12.5. The minimum Gasteiger partial charge on any atom is -0.318 e. The van der Waals surface area contributed by atoms with Crippen LogP contribution in [-0.4, -0.2) is 19.2 Å². The molecule has 0 heterocycles. The third-order valence-electron chi connectivity index (χ3n) is 3.14. The van der Waals surface area contributed by atoms with Crippen LogP contribution in [0.1, 0.15) is 21.5 Å². The van der Waals surface area contributed by atoms with Gasteiger partial charge < -0.3 is 4.90 Å². The molecule has 0 N–H and O–H groups in total. The van der Waals surface area contributed by atoms with Crippen molar-refractivity contribution in [3.63, 3.8) is 0 Å². The summed E-state index contributed by atoms with van der Waals surface area (Å²) in [5.41, 5.74) is 2.97. The molecule has 0 saturated heterocycles. The van der Waals surface area contributed by atoms with Crippen molar-refractivity contribution in [3.05, 3.63) is 63.6 Å². The average molecular weight is 332 g/mol. The number of anilines is 1. The first-order chi connectivity index (χ1) is 9.52. The topological polar surface area (TPSA) is 37.4 Å². The molecule has 0 atom stereocenters. The molecule has 4 heteroatoms. The molecule has 0 aromatic heterocycles. The van der Waals surface area contributed by atoms with Crippen molar-refractivity contribution >= 4 is 33.8 Å². The largest absolute Gasteiger partial charge is 0.318 e. The van der Waals surface area contributed by atoms with Crippen LogP contribution in [0.5, 0.6) is 0 Å². The first kappa shape index (κ1) is 14.5. The van der Waals surface area contributed by atoms with Crippen LogP contribution >= 0.6 is 15.9 Å². The van der Waals surface area contributed by atoms with Crippen molar-refractivity contribution in [2.75, 3.05) is 11.9 Å². The number of hydrogen-bond acceptors (Lipinski definition) is 2. The Hall–Kier alpha value is -1.94. The summed E-state index contributed by atoms with van der Waals surface area (Å²) < 4.78 is 0.878. The standard InChI is InChI=1S/C16H14BrNO2/c1-11-3-6-13(17)9-15(11)16(20)12-4-7-14(8-5-12)18(2)10-19/h3-10H,1-2H3. The number of amides is 1. The summed E-state index contributed by atoms with van der Waals surface area (Å²) in [5.74, 6) is -0.0240. The van der Waals surface area contributed by atoms with E-state index in [0.717, 1.165) is 22.1 Å². The van der Waals surface area contributed by atoms with Gasteiger partial charge in [-0.15, -0.1) is 0 Å². The first-order valence-corrected chi connectivity index (χ1v) is 6.91. The fourth-order valence-electron chi connectivity index (χ4n) is 1.90. The normalized spacial score (nSPS) is 10.2. The molecule has 0 radical (unpaired) electrons. The molecule has 0 spiro atoms. The van der Waals surface area contributed by atoms with Crippen LogP contribution in [0.4, 0.5) is 5.69 Å². The van der Waals surface area contributed by atoms with Crippen molar-refractivity contribution in [2.24, 2.45) is 0 Å². The molecule has 2 aromatic rings. The van der Waals surface area contributed by atoms with Gasteiger partial charge in [0.05, 0.1) is 0 Å². The minimum absolute atomic E-state index is 0.0240. The Kier molecular flexibility index (Phi) is 4.35. The van der Waals surface area contributed by atoms with Crippen LogP contribution in [0, 0.1) is 6.92 Å².